The molecule has 0 heterocycles. The lowest BCUT2D eigenvalue weighted by Crippen LogP contribution is -2.09. The normalized spacial score (nSPS) is 12.3. The molecule has 2 aromatic rings. The van der Waals surface area contributed by atoms with Gasteiger partial charge in [-0.15, -0.1) is 0 Å². The third-order valence-corrected chi connectivity index (χ3v) is 3.77. The van der Waals surface area contributed by atoms with E-state index in [1.807, 2.05) is 55.4 Å². The van der Waals surface area contributed by atoms with Gasteiger partial charge in [0.05, 0.1) is 0 Å². The summed E-state index contributed by atoms with van der Waals surface area (Å²) in [6, 6.07) is 11.9. The molecule has 0 spiro atoms. The molecule has 0 fully saturated rings. The predicted octanol–water partition coefficient (Wildman–Crippen LogP) is 3.73. The van der Waals surface area contributed by atoms with E-state index in [-0.39, 0.29) is 5.78 Å². The molecule has 1 aliphatic carbocycles. The Morgan fingerprint density at radius 3 is 2.17 bits per heavy atom. The van der Waals surface area contributed by atoms with Crippen LogP contribution in [0.1, 0.15) is 15.9 Å². The van der Waals surface area contributed by atoms with Crippen molar-refractivity contribution in [2.45, 2.75) is 0 Å². The molecule has 90 valence electrons. The molecule has 3 heteroatoms. The van der Waals surface area contributed by atoms with Crippen LogP contribution in [0, 0.1) is 0 Å². The fraction of sp³-hybridized carbons (Fsp3) is 0.133. The Bertz CT molecular complexity index is 662. The quantitative estimate of drug-likeness (QED) is 0.683. The van der Waals surface area contributed by atoms with E-state index >= 15 is 0 Å². The van der Waals surface area contributed by atoms with Gasteiger partial charge in [-0.2, -0.15) is 0 Å². The van der Waals surface area contributed by atoms with Crippen LogP contribution >= 0.6 is 15.9 Å². The first-order valence-corrected chi connectivity index (χ1v) is 6.53. The zero-order valence-electron chi connectivity index (χ0n) is 10.2. The van der Waals surface area contributed by atoms with E-state index in [0.717, 1.165) is 32.4 Å². The number of nitrogens with zero attached hydrogens (tertiary/aromatic N) is 1. The topological polar surface area (TPSA) is 20.3 Å². The van der Waals surface area contributed by atoms with Gasteiger partial charge in [-0.3, -0.25) is 4.79 Å². The number of hydrogen-bond acceptors (Lipinski definition) is 2. The van der Waals surface area contributed by atoms with E-state index in [1.54, 1.807) is 0 Å². The summed E-state index contributed by atoms with van der Waals surface area (Å²) in [4.78, 5) is 14.4. The van der Waals surface area contributed by atoms with Crippen LogP contribution in [0.5, 0.6) is 0 Å². The average molecular weight is 302 g/mol. The Labute approximate surface area is 114 Å². The Morgan fingerprint density at radius 2 is 1.50 bits per heavy atom. The van der Waals surface area contributed by atoms with Crippen LogP contribution in [0.2, 0.25) is 0 Å². The third kappa shape index (κ3) is 1.58. The molecule has 1 aliphatic rings. The molecule has 3 rings (SSSR count). The number of rotatable bonds is 1. The number of benzene rings is 2. The standard InChI is InChI=1S/C15H12BrNO/c1-17(2)10-4-6-12-11-5-3-9(16)7-13(11)15(18)14(12)8-10/h3-8H,1-2H3. The van der Waals surface area contributed by atoms with Crippen molar-refractivity contribution in [1.82, 2.24) is 0 Å². The Balaban J connectivity index is 2.23. The van der Waals surface area contributed by atoms with Crippen molar-refractivity contribution in [2.24, 2.45) is 0 Å². The molecular formula is C15H12BrNO. The van der Waals surface area contributed by atoms with E-state index in [0.29, 0.717) is 0 Å². The van der Waals surface area contributed by atoms with Crippen molar-refractivity contribution in [3.8, 4) is 11.1 Å². The molecule has 0 saturated carbocycles. The van der Waals surface area contributed by atoms with Crippen molar-refractivity contribution in [2.75, 3.05) is 19.0 Å². The first-order chi connectivity index (χ1) is 8.58. The number of halogens is 1. The molecule has 0 N–H and O–H groups in total. The van der Waals surface area contributed by atoms with Gasteiger partial charge in [0.25, 0.3) is 0 Å². The minimum atomic E-state index is 0.116. The number of carbonyl (C=O) groups excluding carboxylic acids is 1. The second-order valence-electron chi connectivity index (χ2n) is 4.64. The van der Waals surface area contributed by atoms with Gasteiger partial charge in [0, 0.05) is 35.4 Å². The zero-order valence-corrected chi connectivity index (χ0v) is 11.8. The van der Waals surface area contributed by atoms with Crippen molar-refractivity contribution in [3.05, 3.63) is 52.0 Å². The fourth-order valence-electron chi connectivity index (χ4n) is 2.32. The molecule has 0 saturated heterocycles. The monoisotopic (exact) mass is 301 g/mol. The van der Waals surface area contributed by atoms with Crippen LogP contribution in [0.15, 0.2) is 40.9 Å². The summed E-state index contributed by atoms with van der Waals surface area (Å²) in [7, 11) is 3.95. The lowest BCUT2D eigenvalue weighted by atomic mass is 10.1. The zero-order chi connectivity index (χ0) is 12.9. The van der Waals surface area contributed by atoms with Crippen LogP contribution in [0.4, 0.5) is 5.69 Å². The summed E-state index contributed by atoms with van der Waals surface area (Å²) < 4.78 is 0.940. The molecular weight excluding hydrogens is 290 g/mol. The highest BCUT2D eigenvalue weighted by Crippen LogP contribution is 2.39. The molecule has 0 unspecified atom stereocenters. The SMILES string of the molecule is CN(C)c1ccc2c(c1)C(=O)c1cc(Br)ccc1-2. The van der Waals surface area contributed by atoms with E-state index in [9.17, 15) is 4.79 Å². The summed E-state index contributed by atoms with van der Waals surface area (Å²) in [5.41, 5.74) is 4.70. The van der Waals surface area contributed by atoms with Crippen LogP contribution in [0.25, 0.3) is 11.1 Å². The molecule has 0 atom stereocenters. The molecule has 0 bridgehead atoms. The molecule has 18 heavy (non-hydrogen) atoms. The van der Waals surface area contributed by atoms with Crippen LogP contribution in [-0.2, 0) is 0 Å². The number of carbonyl (C=O) groups is 1. The van der Waals surface area contributed by atoms with Gasteiger partial charge in [-0.25, -0.2) is 0 Å². The maximum absolute atomic E-state index is 12.4. The van der Waals surface area contributed by atoms with Gasteiger partial charge >= 0.3 is 0 Å². The lowest BCUT2D eigenvalue weighted by Gasteiger charge is -2.13. The van der Waals surface area contributed by atoms with Gasteiger partial charge in [-0.05, 0) is 35.4 Å². The summed E-state index contributed by atoms with van der Waals surface area (Å²) in [6.45, 7) is 0. The molecule has 2 aromatic carbocycles. The van der Waals surface area contributed by atoms with Gasteiger partial charge in [0.15, 0.2) is 5.78 Å². The molecule has 2 nitrogen and oxygen atoms in total. The summed E-state index contributed by atoms with van der Waals surface area (Å²) in [5.74, 6) is 0.116. The maximum atomic E-state index is 12.4. The van der Waals surface area contributed by atoms with E-state index in [1.165, 1.54) is 0 Å². The molecule has 0 radical (unpaired) electrons. The Morgan fingerprint density at radius 1 is 0.889 bits per heavy atom. The highest BCUT2D eigenvalue weighted by Gasteiger charge is 2.26. The van der Waals surface area contributed by atoms with Gasteiger partial charge in [-0.1, -0.05) is 28.1 Å². The van der Waals surface area contributed by atoms with E-state index in [4.69, 9.17) is 0 Å². The first kappa shape index (κ1) is 11.5. The highest BCUT2D eigenvalue weighted by molar-refractivity contribution is 9.10. The lowest BCUT2D eigenvalue weighted by molar-refractivity contribution is 0.104. The van der Waals surface area contributed by atoms with Crippen molar-refractivity contribution < 1.29 is 4.79 Å². The van der Waals surface area contributed by atoms with Gasteiger partial charge in [0.1, 0.15) is 0 Å². The van der Waals surface area contributed by atoms with Crippen molar-refractivity contribution >= 4 is 27.4 Å². The van der Waals surface area contributed by atoms with Crippen LogP contribution in [0.3, 0.4) is 0 Å². The number of anilines is 1. The second-order valence-corrected chi connectivity index (χ2v) is 5.56. The minimum absolute atomic E-state index is 0.116. The van der Waals surface area contributed by atoms with Crippen molar-refractivity contribution in [1.29, 1.82) is 0 Å². The molecule has 0 aromatic heterocycles. The van der Waals surface area contributed by atoms with E-state index in [2.05, 4.69) is 15.9 Å². The van der Waals surface area contributed by atoms with Crippen LogP contribution in [-0.4, -0.2) is 19.9 Å². The first-order valence-electron chi connectivity index (χ1n) is 5.74. The second kappa shape index (κ2) is 3.95. The molecule has 0 amide bonds. The fourth-order valence-corrected chi connectivity index (χ4v) is 2.68. The van der Waals surface area contributed by atoms with E-state index < -0.39 is 0 Å². The Kier molecular flexibility index (Phi) is 2.52. The summed E-state index contributed by atoms with van der Waals surface area (Å²) in [5, 5.41) is 0. The highest BCUT2D eigenvalue weighted by atomic mass is 79.9. The Hall–Kier alpha value is -1.61. The largest absolute Gasteiger partial charge is 0.378 e. The number of fused-ring (bicyclic) bond motifs is 3. The summed E-state index contributed by atoms with van der Waals surface area (Å²) >= 11 is 3.41. The van der Waals surface area contributed by atoms with Gasteiger partial charge in [0.2, 0.25) is 0 Å². The third-order valence-electron chi connectivity index (χ3n) is 3.28. The smallest absolute Gasteiger partial charge is 0.194 e. The number of hydrogen-bond donors (Lipinski definition) is 0. The predicted molar refractivity (Wildman–Crippen MR) is 77.3 cm³/mol. The van der Waals surface area contributed by atoms with Crippen LogP contribution < -0.4 is 4.90 Å². The molecule has 0 aliphatic heterocycles. The van der Waals surface area contributed by atoms with Crippen molar-refractivity contribution in [3.63, 3.8) is 0 Å². The minimum Gasteiger partial charge on any atom is -0.378 e. The average Bonchev–Trinajstić information content (AvgIpc) is 2.62. The van der Waals surface area contributed by atoms with Gasteiger partial charge < -0.3 is 4.90 Å². The number of ketones is 1. The maximum Gasteiger partial charge on any atom is 0.194 e. The summed E-state index contributed by atoms with van der Waals surface area (Å²) in [6.07, 6.45) is 0.